The highest BCUT2D eigenvalue weighted by Crippen LogP contribution is 2.36. The van der Waals surface area contributed by atoms with Gasteiger partial charge in [-0.15, -0.1) is 0 Å². The number of methoxy groups -OCH3 is 1. The van der Waals surface area contributed by atoms with Crippen LogP contribution in [-0.2, 0) is 7.05 Å². The number of ether oxygens (including phenoxy) is 1. The zero-order valence-electron chi connectivity index (χ0n) is 16.9. The predicted molar refractivity (Wildman–Crippen MR) is 117 cm³/mol. The fourth-order valence-electron chi connectivity index (χ4n) is 2.87. The second kappa shape index (κ2) is 8.36. The molecule has 0 saturated carbocycles. The molecule has 0 atom stereocenters. The number of aromatic nitrogens is 6. The van der Waals surface area contributed by atoms with Gasteiger partial charge in [0.2, 0.25) is 5.95 Å². The standard InChI is InChI=1S/C19H19N9O2S/c1-10-7-14(31-27-10)24-19-21-8-12(16(20)29)18(25-19)23-13-6-4-5-11(15(13)30-3)17-22-9-28(2)26-17/h4-9H,1-3H3,(H2,20,29)(H2,21,23,24,25). The number of benzene rings is 1. The van der Waals surface area contributed by atoms with E-state index in [0.717, 1.165) is 10.7 Å². The lowest BCUT2D eigenvalue weighted by Gasteiger charge is -2.15. The van der Waals surface area contributed by atoms with Gasteiger partial charge in [-0.25, -0.2) is 9.97 Å². The van der Waals surface area contributed by atoms with Crippen molar-refractivity contribution in [3.05, 3.63) is 48.0 Å². The largest absolute Gasteiger partial charge is 0.494 e. The van der Waals surface area contributed by atoms with Gasteiger partial charge in [-0.1, -0.05) is 6.07 Å². The summed E-state index contributed by atoms with van der Waals surface area (Å²) < 4.78 is 11.4. The van der Waals surface area contributed by atoms with E-state index >= 15 is 0 Å². The summed E-state index contributed by atoms with van der Waals surface area (Å²) in [5.41, 5.74) is 7.78. The minimum absolute atomic E-state index is 0.134. The minimum atomic E-state index is -0.663. The summed E-state index contributed by atoms with van der Waals surface area (Å²) in [6.07, 6.45) is 2.97. The first kappa shape index (κ1) is 20.2. The van der Waals surface area contributed by atoms with Crippen LogP contribution in [0.3, 0.4) is 0 Å². The van der Waals surface area contributed by atoms with Crippen molar-refractivity contribution in [2.24, 2.45) is 12.8 Å². The number of nitrogens with two attached hydrogens (primary N) is 1. The van der Waals surface area contributed by atoms with Crippen molar-refractivity contribution in [2.75, 3.05) is 17.7 Å². The molecular formula is C19H19N9O2S. The number of carbonyl (C=O) groups is 1. The maximum absolute atomic E-state index is 12.0. The Labute approximate surface area is 181 Å². The molecular weight excluding hydrogens is 418 g/mol. The molecule has 158 valence electrons. The number of nitrogens with zero attached hydrogens (tertiary/aromatic N) is 6. The highest BCUT2D eigenvalue weighted by Gasteiger charge is 2.18. The average molecular weight is 437 g/mol. The first-order valence-corrected chi connectivity index (χ1v) is 9.89. The van der Waals surface area contributed by atoms with Crippen LogP contribution in [0, 0.1) is 6.92 Å². The molecule has 0 bridgehead atoms. The first-order chi connectivity index (χ1) is 14.9. The number of aryl methyl sites for hydroxylation is 2. The van der Waals surface area contributed by atoms with Crippen molar-refractivity contribution in [1.29, 1.82) is 0 Å². The molecule has 3 heterocycles. The van der Waals surface area contributed by atoms with E-state index in [1.807, 2.05) is 25.1 Å². The maximum atomic E-state index is 12.0. The van der Waals surface area contributed by atoms with Crippen LogP contribution in [0.25, 0.3) is 11.4 Å². The molecule has 1 aromatic carbocycles. The fraction of sp³-hybridized carbons (Fsp3) is 0.158. The summed E-state index contributed by atoms with van der Waals surface area (Å²) in [5.74, 6) is 0.858. The van der Waals surface area contributed by atoms with Gasteiger partial charge in [-0.05, 0) is 36.7 Å². The summed E-state index contributed by atoms with van der Waals surface area (Å²) in [4.78, 5) is 24.8. The van der Waals surface area contributed by atoms with Gasteiger partial charge in [0.25, 0.3) is 5.91 Å². The number of rotatable bonds is 7. The van der Waals surface area contributed by atoms with Gasteiger partial charge in [-0.3, -0.25) is 9.48 Å². The van der Waals surface area contributed by atoms with E-state index in [4.69, 9.17) is 10.5 Å². The number of nitrogens with one attached hydrogen (secondary N) is 2. The number of anilines is 4. The van der Waals surface area contributed by atoms with Gasteiger partial charge in [0.15, 0.2) is 11.6 Å². The second-order valence-electron chi connectivity index (χ2n) is 6.53. The summed E-state index contributed by atoms with van der Waals surface area (Å²) in [5, 5.41) is 11.3. The number of amides is 1. The molecule has 0 saturated heterocycles. The fourth-order valence-corrected chi connectivity index (χ4v) is 3.53. The highest BCUT2D eigenvalue weighted by molar-refractivity contribution is 7.10. The molecule has 3 aromatic heterocycles. The Morgan fingerprint density at radius 1 is 1.26 bits per heavy atom. The molecule has 12 heteroatoms. The van der Waals surface area contributed by atoms with Crippen molar-refractivity contribution < 1.29 is 9.53 Å². The third-order valence-electron chi connectivity index (χ3n) is 4.23. The van der Waals surface area contributed by atoms with Crippen LogP contribution in [0.4, 0.5) is 22.5 Å². The molecule has 4 N–H and O–H groups in total. The average Bonchev–Trinajstić information content (AvgIpc) is 3.35. The second-order valence-corrected chi connectivity index (χ2v) is 7.34. The van der Waals surface area contributed by atoms with Crippen molar-refractivity contribution in [1.82, 2.24) is 29.1 Å². The molecule has 0 radical (unpaired) electrons. The van der Waals surface area contributed by atoms with E-state index in [2.05, 4.69) is 35.1 Å². The Kier molecular flexibility index (Phi) is 5.45. The lowest BCUT2D eigenvalue weighted by molar-refractivity contribution is 0.100. The highest BCUT2D eigenvalue weighted by atomic mass is 32.1. The number of para-hydroxylation sites is 1. The Morgan fingerprint density at radius 2 is 2.10 bits per heavy atom. The molecule has 0 aliphatic heterocycles. The SMILES string of the molecule is COc1c(Nc2nc(Nc3cc(C)ns3)ncc2C(N)=O)cccc1-c1ncn(C)n1. The summed E-state index contributed by atoms with van der Waals surface area (Å²) in [7, 11) is 3.32. The summed E-state index contributed by atoms with van der Waals surface area (Å²) in [6.45, 7) is 1.89. The van der Waals surface area contributed by atoms with Crippen LogP contribution in [0.15, 0.2) is 36.8 Å². The third-order valence-corrected chi connectivity index (χ3v) is 5.03. The Morgan fingerprint density at radius 3 is 2.74 bits per heavy atom. The van der Waals surface area contributed by atoms with Crippen molar-refractivity contribution >= 4 is 39.9 Å². The van der Waals surface area contributed by atoms with Crippen molar-refractivity contribution in [3.8, 4) is 17.1 Å². The normalized spacial score (nSPS) is 10.7. The summed E-state index contributed by atoms with van der Waals surface area (Å²) in [6, 6.07) is 7.32. The topological polar surface area (TPSA) is 146 Å². The van der Waals surface area contributed by atoms with Crippen molar-refractivity contribution in [3.63, 3.8) is 0 Å². The van der Waals surface area contributed by atoms with Crippen LogP contribution >= 0.6 is 11.5 Å². The van der Waals surface area contributed by atoms with E-state index in [-0.39, 0.29) is 17.3 Å². The quantitative estimate of drug-likeness (QED) is 0.397. The van der Waals surface area contributed by atoms with Crippen LogP contribution in [0.1, 0.15) is 16.1 Å². The molecule has 0 spiro atoms. The monoisotopic (exact) mass is 437 g/mol. The molecule has 0 aliphatic rings. The molecule has 4 aromatic rings. The van der Waals surface area contributed by atoms with Crippen LogP contribution in [0.2, 0.25) is 0 Å². The van der Waals surface area contributed by atoms with Gasteiger partial charge < -0.3 is 21.1 Å². The number of primary amides is 1. The molecule has 4 rings (SSSR count). The molecule has 11 nitrogen and oxygen atoms in total. The van der Waals surface area contributed by atoms with Gasteiger partial charge >= 0.3 is 0 Å². The van der Waals surface area contributed by atoms with E-state index in [1.54, 1.807) is 31.2 Å². The Bertz CT molecular complexity index is 1250. The zero-order chi connectivity index (χ0) is 22.0. The molecule has 0 fully saturated rings. The Hall–Kier alpha value is -4.06. The van der Waals surface area contributed by atoms with Gasteiger partial charge in [0.05, 0.1) is 24.1 Å². The Balaban J connectivity index is 1.72. The van der Waals surface area contributed by atoms with Crippen molar-refractivity contribution in [2.45, 2.75) is 6.92 Å². The van der Waals surface area contributed by atoms with E-state index in [0.29, 0.717) is 22.8 Å². The van der Waals surface area contributed by atoms with Gasteiger partial charge in [-0.2, -0.15) is 14.5 Å². The zero-order valence-corrected chi connectivity index (χ0v) is 17.8. The number of hydrogen-bond donors (Lipinski definition) is 3. The summed E-state index contributed by atoms with van der Waals surface area (Å²) >= 11 is 1.28. The first-order valence-electron chi connectivity index (χ1n) is 9.12. The molecule has 1 amide bonds. The molecule has 0 unspecified atom stereocenters. The number of carbonyl (C=O) groups excluding carboxylic acids is 1. The van der Waals surface area contributed by atoms with Crippen LogP contribution < -0.4 is 21.1 Å². The number of hydrogen-bond acceptors (Lipinski definition) is 10. The van der Waals surface area contributed by atoms with E-state index < -0.39 is 5.91 Å². The molecule has 31 heavy (non-hydrogen) atoms. The maximum Gasteiger partial charge on any atom is 0.254 e. The van der Waals surface area contributed by atoms with Crippen LogP contribution in [-0.4, -0.2) is 42.1 Å². The van der Waals surface area contributed by atoms with Crippen LogP contribution in [0.5, 0.6) is 5.75 Å². The predicted octanol–water partition coefficient (Wildman–Crippen LogP) is 2.63. The lowest BCUT2D eigenvalue weighted by atomic mass is 10.1. The van der Waals surface area contributed by atoms with E-state index in [1.165, 1.54) is 17.7 Å². The minimum Gasteiger partial charge on any atom is -0.494 e. The van der Waals surface area contributed by atoms with E-state index in [9.17, 15) is 4.79 Å². The molecule has 0 aliphatic carbocycles. The smallest absolute Gasteiger partial charge is 0.254 e. The third kappa shape index (κ3) is 4.28. The van der Waals surface area contributed by atoms with Gasteiger partial charge in [0, 0.05) is 13.2 Å². The lowest BCUT2D eigenvalue weighted by Crippen LogP contribution is -2.16. The van der Waals surface area contributed by atoms with Gasteiger partial charge in [0.1, 0.15) is 22.7 Å².